The molecule has 0 bridgehead atoms. The number of halogens is 1. The third-order valence-electron chi connectivity index (χ3n) is 2.93. The summed E-state index contributed by atoms with van der Waals surface area (Å²) in [6.45, 7) is 0. The Morgan fingerprint density at radius 3 is 2.54 bits per heavy atom. The van der Waals surface area contributed by atoms with Gasteiger partial charge in [-0.05, 0) is 42.0 Å². The molecule has 1 heterocycles. The molecule has 0 aliphatic rings. The number of hydrogen-bond donors (Lipinski definition) is 2. The number of anilines is 2. The summed E-state index contributed by atoms with van der Waals surface area (Å²) in [7, 11) is 0. The molecule has 122 valence electrons. The summed E-state index contributed by atoms with van der Waals surface area (Å²) in [5.41, 5.74) is 1.94. The summed E-state index contributed by atoms with van der Waals surface area (Å²) in [4.78, 5) is 0. The molecule has 24 heavy (non-hydrogen) atoms. The van der Waals surface area contributed by atoms with Gasteiger partial charge in [0, 0.05) is 11.4 Å². The van der Waals surface area contributed by atoms with Gasteiger partial charge in [-0.3, -0.25) is 0 Å². The first-order valence-electron chi connectivity index (χ1n) is 7.03. The maximum Gasteiger partial charge on any atom is 0.212 e. The average Bonchev–Trinajstić information content (AvgIpc) is 3.03. The molecule has 1 aromatic heterocycles. The molecule has 0 aliphatic carbocycles. The van der Waals surface area contributed by atoms with E-state index in [-0.39, 0.29) is 5.82 Å². The Balaban J connectivity index is 1.51. The zero-order valence-corrected chi connectivity index (χ0v) is 14.8. The lowest BCUT2D eigenvalue weighted by molar-refractivity contribution is 0.628. The molecule has 0 amide bonds. The van der Waals surface area contributed by atoms with E-state index in [9.17, 15) is 4.39 Å². The van der Waals surface area contributed by atoms with E-state index >= 15 is 0 Å². The van der Waals surface area contributed by atoms with Crippen LogP contribution in [0.5, 0.6) is 0 Å². The van der Waals surface area contributed by atoms with E-state index in [1.807, 2.05) is 18.2 Å². The lowest BCUT2D eigenvalue weighted by Crippen LogP contribution is -2.18. The van der Waals surface area contributed by atoms with Gasteiger partial charge in [-0.1, -0.05) is 53.4 Å². The monoisotopic (exact) mass is 376 g/mol. The predicted molar refractivity (Wildman–Crippen MR) is 102 cm³/mol. The van der Waals surface area contributed by atoms with Gasteiger partial charge in [0.15, 0.2) is 9.45 Å². The van der Waals surface area contributed by atoms with Gasteiger partial charge in [-0.15, -0.1) is 10.2 Å². The van der Waals surface area contributed by atoms with Crippen LogP contribution >= 0.6 is 35.3 Å². The zero-order chi connectivity index (χ0) is 16.8. The largest absolute Gasteiger partial charge is 0.332 e. The Morgan fingerprint density at radius 2 is 1.79 bits per heavy atom. The number of benzene rings is 2. The Labute approximate surface area is 152 Å². The van der Waals surface area contributed by atoms with Gasteiger partial charge >= 0.3 is 0 Å². The van der Waals surface area contributed by atoms with Crippen molar-refractivity contribution in [2.24, 2.45) is 0 Å². The first-order chi connectivity index (χ1) is 11.7. The molecule has 4 nitrogen and oxygen atoms in total. The van der Waals surface area contributed by atoms with Gasteiger partial charge in [-0.2, -0.15) is 0 Å². The Hall–Kier alpha value is -2.03. The van der Waals surface area contributed by atoms with Gasteiger partial charge in [0.05, 0.1) is 0 Å². The Bertz CT molecular complexity index is 806. The minimum atomic E-state index is -0.288. The molecule has 0 saturated carbocycles. The van der Waals surface area contributed by atoms with Gasteiger partial charge in [-0.25, -0.2) is 4.39 Å². The summed E-state index contributed by atoms with van der Waals surface area (Å²) in [5.74, 6) is 0.553. The van der Waals surface area contributed by atoms with E-state index in [4.69, 9.17) is 12.2 Å². The number of aromatic nitrogens is 2. The number of rotatable bonds is 5. The van der Waals surface area contributed by atoms with Crippen LogP contribution in [0.4, 0.5) is 15.2 Å². The molecule has 0 fully saturated rings. The van der Waals surface area contributed by atoms with E-state index in [0.29, 0.717) is 15.9 Å². The number of thiocarbonyl (C=S) groups is 1. The molecule has 0 atom stereocenters. The van der Waals surface area contributed by atoms with Crippen LogP contribution in [-0.4, -0.2) is 15.3 Å². The highest BCUT2D eigenvalue weighted by Crippen LogP contribution is 2.28. The third kappa shape index (κ3) is 4.98. The maximum absolute atomic E-state index is 12.9. The van der Waals surface area contributed by atoms with Crippen molar-refractivity contribution in [2.75, 3.05) is 10.6 Å². The fraction of sp³-hybridized carbons (Fsp3) is 0.0625. The van der Waals surface area contributed by atoms with Gasteiger partial charge in [0.1, 0.15) is 5.82 Å². The molecule has 2 aromatic carbocycles. The number of nitrogens with zero attached hydrogens (tertiary/aromatic N) is 2. The molecular weight excluding hydrogens is 363 g/mol. The average molecular weight is 377 g/mol. The fourth-order valence-corrected chi connectivity index (χ4v) is 3.82. The van der Waals surface area contributed by atoms with Crippen LogP contribution in [0.1, 0.15) is 5.56 Å². The number of nitrogens with one attached hydrogen (secondary N) is 2. The molecule has 8 heteroatoms. The molecule has 3 rings (SSSR count). The minimum absolute atomic E-state index is 0.288. The molecular formula is C16H13FN4S3. The fourth-order valence-electron chi connectivity index (χ4n) is 1.83. The van der Waals surface area contributed by atoms with Crippen LogP contribution in [0.2, 0.25) is 0 Å². The second kappa shape index (κ2) is 8.18. The van der Waals surface area contributed by atoms with E-state index in [2.05, 4.69) is 33.0 Å². The van der Waals surface area contributed by atoms with Crippen molar-refractivity contribution < 1.29 is 4.39 Å². The summed E-state index contributed by atoms with van der Waals surface area (Å²) in [5, 5.41) is 15.2. The van der Waals surface area contributed by atoms with Gasteiger partial charge < -0.3 is 10.6 Å². The van der Waals surface area contributed by atoms with Crippen molar-refractivity contribution in [3.8, 4) is 0 Å². The number of thioether (sulfide) groups is 1. The predicted octanol–water partition coefficient (Wildman–Crippen LogP) is 4.78. The summed E-state index contributed by atoms with van der Waals surface area (Å²) < 4.78 is 13.7. The Kier molecular flexibility index (Phi) is 5.73. The smallest absolute Gasteiger partial charge is 0.212 e. The van der Waals surface area contributed by atoms with E-state index in [1.54, 1.807) is 23.9 Å². The highest BCUT2D eigenvalue weighted by Gasteiger charge is 2.07. The van der Waals surface area contributed by atoms with Crippen molar-refractivity contribution in [3.05, 3.63) is 66.0 Å². The highest BCUT2D eigenvalue weighted by atomic mass is 32.2. The molecule has 0 spiro atoms. The summed E-state index contributed by atoms with van der Waals surface area (Å²) in [6.07, 6.45) is 0. The maximum atomic E-state index is 12.9. The third-order valence-corrected chi connectivity index (χ3v) is 5.18. The van der Waals surface area contributed by atoms with Crippen LogP contribution in [0.25, 0.3) is 0 Å². The lowest BCUT2D eigenvalue weighted by atomic mass is 10.2. The van der Waals surface area contributed by atoms with Crippen LogP contribution in [-0.2, 0) is 5.75 Å². The van der Waals surface area contributed by atoms with Crippen molar-refractivity contribution in [2.45, 2.75) is 10.1 Å². The molecule has 0 unspecified atom stereocenters. The molecule has 0 saturated heterocycles. The lowest BCUT2D eigenvalue weighted by Gasteiger charge is -2.07. The molecule has 0 radical (unpaired) electrons. The second-order valence-electron chi connectivity index (χ2n) is 4.73. The SMILES string of the molecule is Fc1ccc(NC(=S)Nc2nnc(SCc3ccccc3)s2)cc1. The van der Waals surface area contributed by atoms with Crippen molar-refractivity contribution in [1.29, 1.82) is 0 Å². The Morgan fingerprint density at radius 1 is 1.04 bits per heavy atom. The van der Waals surface area contributed by atoms with Gasteiger partial charge in [0.2, 0.25) is 5.13 Å². The van der Waals surface area contributed by atoms with Crippen LogP contribution < -0.4 is 10.6 Å². The topological polar surface area (TPSA) is 49.8 Å². The summed E-state index contributed by atoms with van der Waals surface area (Å²) >= 11 is 8.28. The molecule has 2 N–H and O–H groups in total. The highest BCUT2D eigenvalue weighted by molar-refractivity contribution is 8.00. The second-order valence-corrected chi connectivity index (χ2v) is 7.34. The van der Waals surface area contributed by atoms with Crippen LogP contribution in [0.15, 0.2) is 58.9 Å². The van der Waals surface area contributed by atoms with E-state index in [1.165, 1.54) is 29.0 Å². The standard InChI is InChI=1S/C16H13FN4S3/c17-12-6-8-13(9-7-12)18-14(22)19-15-20-21-16(24-15)23-10-11-4-2-1-3-5-11/h1-9H,10H2,(H2,18,19,20,22). The number of hydrogen-bond acceptors (Lipinski definition) is 5. The normalized spacial score (nSPS) is 10.4. The van der Waals surface area contributed by atoms with Crippen molar-refractivity contribution >= 4 is 51.2 Å². The summed E-state index contributed by atoms with van der Waals surface area (Å²) in [6, 6.07) is 16.2. The first kappa shape index (κ1) is 16.8. The minimum Gasteiger partial charge on any atom is -0.332 e. The zero-order valence-electron chi connectivity index (χ0n) is 12.4. The van der Waals surface area contributed by atoms with Crippen molar-refractivity contribution in [1.82, 2.24) is 10.2 Å². The quantitative estimate of drug-likeness (QED) is 0.494. The first-order valence-corrected chi connectivity index (χ1v) is 9.24. The molecule has 0 aliphatic heterocycles. The van der Waals surface area contributed by atoms with Crippen LogP contribution in [0, 0.1) is 5.82 Å². The van der Waals surface area contributed by atoms with Crippen LogP contribution in [0.3, 0.4) is 0 Å². The van der Waals surface area contributed by atoms with Crippen molar-refractivity contribution in [3.63, 3.8) is 0 Å². The molecule has 3 aromatic rings. The van der Waals surface area contributed by atoms with E-state index in [0.717, 1.165) is 10.1 Å². The van der Waals surface area contributed by atoms with E-state index < -0.39 is 0 Å². The van der Waals surface area contributed by atoms with Gasteiger partial charge in [0.25, 0.3) is 0 Å².